The lowest BCUT2D eigenvalue weighted by Gasteiger charge is -2.36. The van der Waals surface area contributed by atoms with Crippen LogP contribution in [0.2, 0.25) is 0 Å². The maximum absolute atomic E-state index is 4.11. The highest BCUT2D eigenvalue weighted by Gasteiger charge is 2.43. The third kappa shape index (κ3) is 4.93. The first-order valence-corrected chi connectivity index (χ1v) is 8.96. The molecule has 1 aliphatic rings. The fourth-order valence-electron chi connectivity index (χ4n) is 4.20. The smallest absolute Gasteiger partial charge is 0.0179 e. The van der Waals surface area contributed by atoms with Gasteiger partial charge < -0.3 is 0 Å². The van der Waals surface area contributed by atoms with Gasteiger partial charge in [-0.25, -0.2) is 0 Å². The van der Waals surface area contributed by atoms with Crippen molar-refractivity contribution in [3.05, 3.63) is 12.7 Å². The van der Waals surface area contributed by atoms with Gasteiger partial charge in [0.05, 0.1) is 0 Å². The molecule has 0 N–H and O–H groups in total. The quantitative estimate of drug-likeness (QED) is 0.331. The summed E-state index contributed by atoms with van der Waals surface area (Å²) in [5.41, 5.74) is 1.05. The average Bonchev–Trinajstić information content (AvgIpc) is 2.68. The fourth-order valence-corrected chi connectivity index (χ4v) is 4.20. The number of allylic oxidation sites excluding steroid dienone is 1. The van der Waals surface area contributed by atoms with Crippen molar-refractivity contribution in [3.63, 3.8) is 0 Å². The highest BCUT2D eigenvalue weighted by molar-refractivity contribution is 5.01. The van der Waals surface area contributed by atoms with Crippen LogP contribution in [0.15, 0.2) is 12.7 Å². The maximum Gasteiger partial charge on any atom is -0.0179 e. The molecule has 0 bridgehead atoms. The van der Waals surface area contributed by atoms with Crippen LogP contribution in [0.5, 0.6) is 0 Å². The molecule has 1 saturated carbocycles. The van der Waals surface area contributed by atoms with Crippen molar-refractivity contribution in [2.45, 2.75) is 92.4 Å². The van der Waals surface area contributed by atoms with Gasteiger partial charge >= 0.3 is 0 Å². The minimum absolute atomic E-state index is 0.505. The largest absolute Gasteiger partial charge is 0.103 e. The second-order valence-electron chi connectivity index (χ2n) is 8.53. The Kier molecular flexibility index (Phi) is 6.82. The van der Waals surface area contributed by atoms with Crippen LogP contribution in [0, 0.1) is 22.7 Å². The fraction of sp³-hybridized carbons (Fsp3) is 0.900. The summed E-state index contributed by atoms with van der Waals surface area (Å²) in [6.07, 6.45) is 14.8. The van der Waals surface area contributed by atoms with Crippen LogP contribution in [0.25, 0.3) is 0 Å². The van der Waals surface area contributed by atoms with Crippen LogP contribution >= 0.6 is 0 Å². The van der Waals surface area contributed by atoms with E-state index in [9.17, 15) is 0 Å². The molecule has 118 valence electrons. The monoisotopic (exact) mass is 278 g/mol. The van der Waals surface area contributed by atoms with Crippen LogP contribution in [-0.4, -0.2) is 0 Å². The van der Waals surface area contributed by atoms with Gasteiger partial charge in [0, 0.05) is 0 Å². The molecule has 0 heteroatoms. The summed E-state index contributed by atoms with van der Waals surface area (Å²) < 4.78 is 0. The molecule has 20 heavy (non-hydrogen) atoms. The summed E-state index contributed by atoms with van der Waals surface area (Å²) in [4.78, 5) is 0. The minimum Gasteiger partial charge on any atom is -0.103 e. The van der Waals surface area contributed by atoms with Crippen molar-refractivity contribution in [2.75, 3.05) is 0 Å². The molecule has 0 saturated heterocycles. The first-order chi connectivity index (χ1) is 9.33. The van der Waals surface area contributed by atoms with Gasteiger partial charge in [-0.2, -0.15) is 0 Å². The number of hydrogen-bond donors (Lipinski definition) is 0. The zero-order chi connectivity index (χ0) is 15.2. The van der Waals surface area contributed by atoms with E-state index in [0.29, 0.717) is 10.8 Å². The topological polar surface area (TPSA) is 0 Å². The molecule has 0 aromatic heterocycles. The summed E-state index contributed by atoms with van der Waals surface area (Å²) >= 11 is 0. The molecule has 0 nitrogen and oxygen atoms in total. The Labute approximate surface area is 128 Å². The molecule has 3 unspecified atom stereocenters. The molecule has 0 aromatic carbocycles. The molecule has 0 radical (unpaired) electrons. The molecule has 1 fully saturated rings. The maximum atomic E-state index is 4.11. The van der Waals surface area contributed by atoms with E-state index in [2.05, 4.69) is 47.3 Å². The van der Waals surface area contributed by atoms with Crippen molar-refractivity contribution in [1.82, 2.24) is 0 Å². The molecule has 0 heterocycles. The second-order valence-corrected chi connectivity index (χ2v) is 8.53. The molecule has 1 aliphatic carbocycles. The predicted octanol–water partition coefficient (Wildman–Crippen LogP) is 7.00. The molecule has 0 aliphatic heterocycles. The summed E-state index contributed by atoms with van der Waals surface area (Å²) in [5, 5.41) is 0. The van der Waals surface area contributed by atoms with Crippen LogP contribution in [-0.2, 0) is 0 Å². The predicted molar refractivity (Wildman–Crippen MR) is 92.0 cm³/mol. The Balaban J connectivity index is 2.48. The van der Waals surface area contributed by atoms with E-state index < -0.39 is 0 Å². The van der Waals surface area contributed by atoms with Crippen LogP contribution in [0.4, 0.5) is 0 Å². The van der Waals surface area contributed by atoms with Crippen molar-refractivity contribution in [1.29, 1.82) is 0 Å². The molecule has 0 spiro atoms. The number of rotatable bonds is 8. The van der Waals surface area contributed by atoms with E-state index in [1.54, 1.807) is 0 Å². The lowest BCUT2D eigenvalue weighted by molar-refractivity contribution is 0.152. The Morgan fingerprint density at radius 1 is 1.15 bits per heavy atom. The van der Waals surface area contributed by atoms with E-state index in [1.807, 2.05) is 0 Å². The highest BCUT2D eigenvalue weighted by Crippen LogP contribution is 2.53. The third-order valence-corrected chi connectivity index (χ3v) is 5.69. The average molecular weight is 279 g/mol. The van der Waals surface area contributed by atoms with Gasteiger partial charge in [0.25, 0.3) is 0 Å². The molecule has 0 amide bonds. The van der Waals surface area contributed by atoms with Crippen LogP contribution < -0.4 is 0 Å². The molecule has 3 atom stereocenters. The number of unbranched alkanes of at least 4 members (excludes halogenated alkanes) is 2. The van der Waals surface area contributed by atoms with Crippen molar-refractivity contribution < 1.29 is 0 Å². The van der Waals surface area contributed by atoms with Gasteiger partial charge in [0.15, 0.2) is 0 Å². The van der Waals surface area contributed by atoms with Gasteiger partial charge in [-0.15, -0.1) is 6.58 Å². The van der Waals surface area contributed by atoms with E-state index in [0.717, 1.165) is 11.8 Å². The molecular weight excluding hydrogens is 240 g/mol. The van der Waals surface area contributed by atoms with Gasteiger partial charge in [0.2, 0.25) is 0 Å². The number of hydrogen-bond acceptors (Lipinski definition) is 0. The standard InChI is InChI=1S/C20H38/c1-7-9-16-20(6)17(8-2)13-14-18(20)12-10-11-15-19(3,4)5/h8,17-18H,2,7,9-16H2,1,3-6H3. The minimum atomic E-state index is 0.505. The Morgan fingerprint density at radius 2 is 1.85 bits per heavy atom. The van der Waals surface area contributed by atoms with Crippen molar-refractivity contribution >= 4 is 0 Å². The third-order valence-electron chi connectivity index (χ3n) is 5.69. The second kappa shape index (κ2) is 7.66. The normalized spacial score (nSPS) is 30.6. The van der Waals surface area contributed by atoms with Gasteiger partial charge in [-0.3, -0.25) is 0 Å². The summed E-state index contributed by atoms with van der Waals surface area (Å²) in [6, 6.07) is 0. The lowest BCUT2D eigenvalue weighted by Crippen LogP contribution is -2.28. The Bertz CT molecular complexity index is 283. The highest BCUT2D eigenvalue weighted by atomic mass is 14.5. The summed E-state index contributed by atoms with van der Waals surface area (Å²) in [7, 11) is 0. The Morgan fingerprint density at radius 3 is 2.40 bits per heavy atom. The van der Waals surface area contributed by atoms with Crippen molar-refractivity contribution in [3.8, 4) is 0 Å². The molecular formula is C20H38. The molecule has 1 rings (SSSR count). The van der Waals surface area contributed by atoms with Crippen LogP contribution in [0.1, 0.15) is 92.4 Å². The first-order valence-electron chi connectivity index (χ1n) is 8.96. The van der Waals surface area contributed by atoms with E-state index in [-0.39, 0.29) is 0 Å². The SMILES string of the molecule is C=CC1CCC(CCCCC(C)(C)C)C1(C)CCCC. The van der Waals surface area contributed by atoms with Gasteiger partial charge in [-0.1, -0.05) is 66.4 Å². The van der Waals surface area contributed by atoms with Crippen LogP contribution in [0.3, 0.4) is 0 Å². The first kappa shape index (κ1) is 17.8. The zero-order valence-electron chi connectivity index (χ0n) is 14.8. The van der Waals surface area contributed by atoms with Gasteiger partial charge in [0.1, 0.15) is 0 Å². The van der Waals surface area contributed by atoms with Gasteiger partial charge in [-0.05, 0) is 54.8 Å². The summed E-state index contributed by atoms with van der Waals surface area (Å²) in [5.74, 6) is 1.71. The van der Waals surface area contributed by atoms with E-state index in [1.165, 1.54) is 57.8 Å². The van der Waals surface area contributed by atoms with E-state index >= 15 is 0 Å². The zero-order valence-corrected chi connectivity index (χ0v) is 14.8. The van der Waals surface area contributed by atoms with Crippen molar-refractivity contribution in [2.24, 2.45) is 22.7 Å². The van der Waals surface area contributed by atoms with E-state index in [4.69, 9.17) is 0 Å². The Hall–Kier alpha value is -0.260. The summed E-state index contributed by atoms with van der Waals surface area (Å²) in [6.45, 7) is 16.1. The lowest BCUT2D eigenvalue weighted by atomic mass is 9.69. The molecule has 0 aromatic rings.